The van der Waals surface area contributed by atoms with Crippen molar-refractivity contribution in [2.45, 2.75) is 82.5 Å². The van der Waals surface area contributed by atoms with Gasteiger partial charge in [-0.3, -0.25) is 4.79 Å². The van der Waals surface area contributed by atoms with Crippen LogP contribution in [0, 0.1) is 17.8 Å². The molecule has 0 spiro atoms. The molecule has 2 aliphatic carbocycles. The Morgan fingerprint density at radius 2 is 1.81 bits per heavy atom. The summed E-state index contributed by atoms with van der Waals surface area (Å²) in [7, 11) is 0. The summed E-state index contributed by atoms with van der Waals surface area (Å²) in [4.78, 5) is 10.5. The lowest BCUT2D eigenvalue weighted by atomic mass is 9.84. The van der Waals surface area contributed by atoms with Crippen molar-refractivity contribution < 1.29 is 25.2 Å². The van der Waals surface area contributed by atoms with Crippen LogP contribution >= 0.6 is 0 Å². The molecule has 0 amide bonds. The summed E-state index contributed by atoms with van der Waals surface area (Å²) < 4.78 is 0. The Bertz CT molecular complexity index is 481. The molecular weight excluding hydrogens is 332 g/mol. The summed E-state index contributed by atoms with van der Waals surface area (Å²) >= 11 is 0. The highest BCUT2D eigenvalue weighted by molar-refractivity contribution is 5.66. The predicted molar refractivity (Wildman–Crippen MR) is 101 cm³/mol. The lowest BCUT2D eigenvalue weighted by Crippen LogP contribution is -2.23. The minimum atomic E-state index is -0.783. The van der Waals surface area contributed by atoms with Gasteiger partial charge in [-0.05, 0) is 43.9 Å². The molecule has 0 bridgehead atoms. The molecule has 0 heterocycles. The number of unbranched alkanes of at least 4 members (excludes halogenated alkanes) is 1. The molecule has 4 N–H and O–H groups in total. The van der Waals surface area contributed by atoms with E-state index in [1.165, 1.54) is 19.3 Å². The number of aliphatic hydroxyl groups is 3. The SMILES string of the molecule is O=C(O)CCC/C=C\C[C@@H]1[C@@H](/C=C/[C@@H](O)C2CCCCC2)[C@H](O)C[C@@H]1O. The van der Waals surface area contributed by atoms with E-state index in [1.54, 1.807) is 0 Å². The van der Waals surface area contributed by atoms with Gasteiger partial charge in [-0.2, -0.15) is 0 Å². The molecule has 0 aromatic heterocycles. The van der Waals surface area contributed by atoms with Gasteiger partial charge in [0.15, 0.2) is 0 Å². The standard InChI is InChI=1S/C21H34O5/c22-18(15-8-4-3-5-9-15)13-12-17-16(19(23)14-20(17)24)10-6-1-2-7-11-21(25)26/h1,6,12-13,15-20,22-24H,2-5,7-11,14H2,(H,25,26)/b6-1-,13-12+/t16-,17-,18-,19+,20-/m1/s1. The first-order valence-electron chi connectivity index (χ1n) is 10.1. The summed E-state index contributed by atoms with van der Waals surface area (Å²) in [5.74, 6) is -0.673. The van der Waals surface area contributed by atoms with E-state index in [9.17, 15) is 20.1 Å². The first kappa shape index (κ1) is 21.1. The van der Waals surface area contributed by atoms with E-state index in [4.69, 9.17) is 5.11 Å². The van der Waals surface area contributed by atoms with Crippen molar-refractivity contribution in [1.82, 2.24) is 0 Å². The largest absolute Gasteiger partial charge is 0.481 e. The summed E-state index contributed by atoms with van der Waals surface area (Å²) in [6.07, 6.45) is 14.3. The van der Waals surface area contributed by atoms with Crippen molar-refractivity contribution in [1.29, 1.82) is 0 Å². The maximum Gasteiger partial charge on any atom is 0.303 e. The second-order valence-corrected chi connectivity index (χ2v) is 7.88. The molecule has 2 aliphatic rings. The third-order valence-corrected chi connectivity index (χ3v) is 5.92. The third-order valence-electron chi connectivity index (χ3n) is 5.92. The van der Waals surface area contributed by atoms with Gasteiger partial charge in [0.25, 0.3) is 0 Å². The Morgan fingerprint density at radius 3 is 2.50 bits per heavy atom. The number of hydrogen-bond acceptors (Lipinski definition) is 4. The lowest BCUT2D eigenvalue weighted by molar-refractivity contribution is -0.137. The van der Waals surface area contributed by atoms with Crippen LogP contribution < -0.4 is 0 Å². The van der Waals surface area contributed by atoms with Gasteiger partial charge < -0.3 is 20.4 Å². The van der Waals surface area contributed by atoms with Crippen LogP contribution in [0.1, 0.15) is 64.2 Å². The monoisotopic (exact) mass is 366 g/mol. The molecule has 0 saturated heterocycles. The van der Waals surface area contributed by atoms with Gasteiger partial charge in [-0.15, -0.1) is 0 Å². The highest BCUT2D eigenvalue weighted by Gasteiger charge is 2.39. The maximum absolute atomic E-state index is 10.5. The number of rotatable bonds is 9. The zero-order valence-corrected chi connectivity index (χ0v) is 15.5. The van der Waals surface area contributed by atoms with Crippen LogP contribution in [0.5, 0.6) is 0 Å². The molecule has 0 radical (unpaired) electrons. The van der Waals surface area contributed by atoms with Crippen LogP contribution in [0.15, 0.2) is 24.3 Å². The van der Waals surface area contributed by atoms with Crippen LogP contribution in [-0.4, -0.2) is 44.7 Å². The summed E-state index contributed by atoms with van der Waals surface area (Å²) in [5, 5.41) is 39.5. The zero-order chi connectivity index (χ0) is 18.9. The summed E-state index contributed by atoms with van der Waals surface area (Å²) in [6, 6.07) is 0. The Labute approximate surface area is 156 Å². The molecule has 5 atom stereocenters. The minimum Gasteiger partial charge on any atom is -0.481 e. The molecule has 0 aromatic carbocycles. The molecular formula is C21H34O5. The van der Waals surface area contributed by atoms with E-state index < -0.39 is 24.3 Å². The Balaban J connectivity index is 1.84. The van der Waals surface area contributed by atoms with Gasteiger partial charge in [0.1, 0.15) is 0 Å². The highest BCUT2D eigenvalue weighted by atomic mass is 16.4. The van der Waals surface area contributed by atoms with Crippen LogP contribution in [0.25, 0.3) is 0 Å². The van der Waals surface area contributed by atoms with Crippen molar-refractivity contribution in [3.05, 3.63) is 24.3 Å². The minimum absolute atomic E-state index is 0.0597. The molecule has 2 saturated carbocycles. The second-order valence-electron chi connectivity index (χ2n) is 7.88. The smallest absolute Gasteiger partial charge is 0.303 e. The molecule has 148 valence electrons. The Hall–Kier alpha value is -1.17. The molecule has 5 nitrogen and oxygen atoms in total. The van der Waals surface area contributed by atoms with Gasteiger partial charge in [-0.1, -0.05) is 43.6 Å². The number of carbonyl (C=O) groups is 1. The number of allylic oxidation sites excluding steroid dienone is 2. The molecule has 5 heteroatoms. The van der Waals surface area contributed by atoms with Crippen molar-refractivity contribution in [2.24, 2.45) is 17.8 Å². The molecule has 0 aromatic rings. The van der Waals surface area contributed by atoms with Crippen molar-refractivity contribution in [3.63, 3.8) is 0 Å². The Kier molecular flexibility index (Phi) is 8.82. The zero-order valence-electron chi connectivity index (χ0n) is 15.5. The van der Waals surface area contributed by atoms with Crippen molar-refractivity contribution in [2.75, 3.05) is 0 Å². The first-order valence-corrected chi connectivity index (χ1v) is 10.1. The average Bonchev–Trinajstić information content (AvgIpc) is 2.89. The number of hydrogen-bond donors (Lipinski definition) is 4. The number of carboxylic acids is 1. The topological polar surface area (TPSA) is 98.0 Å². The molecule has 26 heavy (non-hydrogen) atoms. The quantitative estimate of drug-likeness (QED) is 0.371. The fourth-order valence-electron chi connectivity index (χ4n) is 4.32. The van der Waals surface area contributed by atoms with Crippen LogP contribution in [0.4, 0.5) is 0 Å². The van der Waals surface area contributed by atoms with E-state index in [-0.39, 0.29) is 18.3 Å². The molecule has 2 fully saturated rings. The van der Waals surface area contributed by atoms with Gasteiger partial charge >= 0.3 is 5.97 Å². The van der Waals surface area contributed by atoms with E-state index in [1.807, 2.05) is 24.3 Å². The van der Waals surface area contributed by atoms with Crippen molar-refractivity contribution >= 4 is 5.97 Å². The average molecular weight is 366 g/mol. The number of aliphatic hydroxyl groups excluding tert-OH is 3. The molecule has 2 rings (SSSR count). The van der Waals surface area contributed by atoms with Crippen LogP contribution in [0.2, 0.25) is 0 Å². The lowest BCUT2D eigenvalue weighted by Gasteiger charge is -2.25. The maximum atomic E-state index is 10.5. The van der Waals surface area contributed by atoms with E-state index in [2.05, 4.69) is 0 Å². The fraction of sp³-hybridized carbons (Fsp3) is 0.762. The van der Waals surface area contributed by atoms with Crippen LogP contribution in [-0.2, 0) is 4.79 Å². The Morgan fingerprint density at radius 1 is 1.08 bits per heavy atom. The van der Waals surface area contributed by atoms with E-state index in [0.29, 0.717) is 31.6 Å². The fourth-order valence-corrected chi connectivity index (χ4v) is 4.32. The second kappa shape index (κ2) is 10.9. The summed E-state index contributed by atoms with van der Waals surface area (Å²) in [6.45, 7) is 0. The van der Waals surface area contributed by atoms with Gasteiger partial charge in [0.2, 0.25) is 0 Å². The van der Waals surface area contributed by atoms with E-state index >= 15 is 0 Å². The van der Waals surface area contributed by atoms with E-state index in [0.717, 1.165) is 12.8 Å². The van der Waals surface area contributed by atoms with Gasteiger partial charge in [0, 0.05) is 18.8 Å². The predicted octanol–water partition coefficient (Wildman–Crippen LogP) is 3.04. The van der Waals surface area contributed by atoms with Gasteiger partial charge in [-0.25, -0.2) is 0 Å². The normalized spacial score (nSPS) is 31.8. The summed E-state index contributed by atoms with van der Waals surface area (Å²) in [5.41, 5.74) is 0. The first-order chi connectivity index (χ1) is 12.5. The van der Waals surface area contributed by atoms with Crippen molar-refractivity contribution in [3.8, 4) is 0 Å². The van der Waals surface area contributed by atoms with Crippen LogP contribution in [0.3, 0.4) is 0 Å². The molecule has 0 unspecified atom stereocenters. The number of carboxylic acid groups (broad SMARTS) is 1. The molecule has 0 aliphatic heterocycles. The highest BCUT2D eigenvalue weighted by Crippen LogP contribution is 2.37. The third kappa shape index (κ3) is 6.53. The van der Waals surface area contributed by atoms with Gasteiger partial charge in [0.05, 0.1) is 18.3 Å². The number of aliphatic carboxylic acids is 1.